The third-order valence-corrected chi connectivity index (χ3v) is 3.12. The molecular weight excluding hydrogens is 120 g/mol. The van der Waals surface area contributed by atoms with Gasteiger partial charge in [-0.05, 0) is 49.5 Å². The Kier molecular flexibility index (Phi) is 1.25. The summed E-state index contributed by atoms with van der Waals surface area (Å²) in [5.41, 5.74) is 5.33. The Morgan fingerprint density at radius 2 is 1.70 bits per heavy atom. The molecule has 2 fully saturated rings. The van der Waals surface area contributed by atoms with Crippen molar-refractivity contribution in [1.82, 2.24) is 0 Å². The fourth-order valence-corrected chi connectivity index (χ4v) is 1.94. The summed E-state index contributed by atoms with van der Waals surface area (Å²) in [6.45, 7) is 3.69. The molecule has 0 nitrogen and oxygen atoms in total. The van der Waals surface area contributed by atoms with Gasteiger partial charge in [0.05, 0.1) is 0 Å². The molecule has 2 rings (SSSR count). The van der Waals surface area contributed by atoms with Crippen LogP contribution in [-0.2, 0) is 0 Å². The maximum atomic E-state index is 3.69. The highest BCUT2D eigenvalue weighted by Gasteiger charge is 2.43. The minimum Gasteiger partial charge on any atom is -0.130 e. The minimum atomic E-state index is 0.820. The van der Waals surface area contributed by atoms with Crippen molar-refractivity contribution in [3.8, 4) is 0 Å². The number of allylic oxidation sites excluding steroid dienone is 1. The first-order valence-corrected chi connectivity index (χ1v) is 4.22. The van der Waals surface area contributed by atoms with E-state index < -0.39 is 0 Å². The lowest BCUT2D eigenvalue weighted by molar-refractivity contribution is 0.387. The Balaban J connectivity index is 2.01. The summed E-state index contributed by atoms with van der Waals surface area (Å²) < 4.78 is 0. The van der Waals surface area contributed by atoms with Gasteiger partial charge >= 0.3 is 0 Å². The molecule has 1 spiro atoms. The van der Waals surface area contributed by atoms with Gasteiger partial charge in [0.1, 0.15) is 0 Å². The van der Waals surface area contributed by atoms with Crippen LogP contribution in [0.2, 0.25) is 0 Å². The van der Waals surface area contributed by atoms with E-state index in [0.717, 1.165) is 5.41 Å². The van der Waals surface area contributed by atoms with Gasteiger partial charge in [-0.3, -0.25) is 0 Å². The Morgan fingerprint density at radius 1 is 1.10 bits per heavy atom. The normalized spacial score (nSPS) is 28.2. The summed E-state index contributed by atoms with van der Waals surface area (Å²) in [6.07, 6.45) is 8.40. The van der Waals surface area contributed by atoms with Gasteiger partial charge in [0.2, 0.25) is 0 Å². The van der Waals surface area contributed by atoms with Crippen molar-refractivity contribution in [2.45, 2.75) is 38.5 Å². The second kappa shape index (κ2) is 2.00. The van der Waals surface area contributed by atoms with Crippen LogP contribution in [0.4, 0.5) is 0 Å². The average Bonchev–Trinajstić information content (AvgIpc) is 2.72. The third-order valence-electron chi connectivity index (χ3n) is 3.12. The van der Waals surface area contributed by atoms with Crippen LogP contribution in [0.25, 0.3) is 0 Å². The van der Waals surface area contributed by atoms with Crippen LogP contribution in [0.5, 0.6) is 0 Å². The quantitative estimate of drug-likeness (QED) is 0.447. The Hall–Kier alpha value is -0.480. The van der Waals surface area contributed by atoms with E-state index in [1.165, 1.54) is 44.1 Å². The van der Waals surface area contributed by atoms with E-state index in [0.29, 0.717) is 0 Å². The fourth-order valence-electron chi connectivity index (χ4n) is 1.94. The Labute approximate surface area is 62.6 Å². The molecule has 0 radical (unpaired) electrons. The molecule has 2 saturated carbocycles. The van der Waals surface area contributed by atoms with Crippen LogP contribution < -0.4 is 0 Å². The van der Waals surface area contributed by atoms with Gasteiger partial charge in [0, 0.05) is 0 Å². The molecule has 0 amide bonds. The molecule has 0 aromatic heterocycles. The molecule has 0 bridgehead atoms. The van der Waals surface area contributed by atoms with E-state index in [2.05, 4.69) is 12.3 Å². The zero-order chi connectivity index (χ0) is 7.03. The SMILES string of the molecule is C=C=C1CCC2(CC1)CC2. The molecule has 0 unspecified atom stereocenters. The molecule has 0 heterocycles. The average molecular weight is 134 g/mol. The Morgan fingerprint density at radius 3 is 2.10 bits per heavy atom. The molecule has 0 N–H and O–H groups in total. The topological polar surface area (TPSA) is 0 Å². The van der Waals surface area contributed by atoms with Crippen molar-refractivity contribution in [1.29, 1.82) is 0 Å². The maximum Gasteiger partial charge on any atom is -0.0239 e. The van der Waals surface area contributed by atoms with Crippen LogP contribution in [0.1, 0.15) is 38.5 Å². The smallest absolute Gasteiger partial charge is 0.0239 e. The fraction of sp³-hybridized carbons (Fsp3) is 0.700. The van der Waals surface area contributed by atoms with Gasteiger partial charge in [-0.15, -0.1) is 5.73 Å². The van der Waals surface area contributed by atoms with Crippen LogP contribution in [0.3, 0.4) is 0 Å². The first-order chi connectivity index (χ1) is 4.85. The summed E-state index contributed by atoms with van der Waals surface area (Å²) >= 11 is 0. The van der Waals surface area contributed by atoms with Crippen molar-refractivity contribution in [2.75, 3.05) is 0 Å². The van der Waals surface area contributed by atoms with Crippen molar-refractivity contribution in [3.05, 3.63) is 17.9 Å². The van der Waals surface area contributed by atoms with Crippen molar-refractivity contribution < 1.29 is 0 Å². The second-order valence-corrected chi connectivity index (χ2v) is 3.78. The van der Waals surface area contributed by atoms with E-state index in [1.807, 2.05) is 0 Å². The summed E-state index contributed by atoms with van der Waals surface area (Å²) in [7, 11) is 0. The van der Waals surface area contributed by atoms with Crippen LogP contribution in [-0.4, -0.2) is 0 Å². The third kappa shape index (κ3) is 0.932. The minimum absolute atomic E-state index is 0.820. The Bertz CT molecular complexity index is 178. The van der Waals surface area contributed by atoms with Gasteiger partial charge in [-0.2, -0.15) is 0 Å². The second-order valence-electron chi connectivity index (χ2n) is 3.78. The van der Waals surface area contributed by atoms with Crippen LogP contribution >= 0.6 is 0 Å². The van der Waals surface area contributed by atoms with E-state index >= 15 is 0 Å². The monoisotopic (exact) mass is 134 g/mol. The molecule has 0 aromatic carbocycles. The van der Waals surface area contributed by atoms with Crippen LogP contribution in [0.15, 0.2) is 17.9 Å². The lowest BCUT2D eigenvalue weighted by atomic mass is 9.84. The number of rotatable bonds is 0. The summed E-state index contributed by atoms with van der Waals surface area (Å²) in [5, 5.41) is 0. The first-order valence-electron chi connectivity index (χ1n) is 4.22. The number of hydrogen-bond acceptors (Lipinski definition) is 0. The van der Waals surface area contributed by atoms with Gasteiger partial charge in [-0.1, -0.05) is 6.58 Å². The molecule has 2 aliphatic rings. The summed E-state index contributed by atoms with van der Waals surface area (Å²) in [5.74, 6) is 0. The standard InChI is InChI=1S/C10H14/c1-2-9-3-5-10(6-4-9)7-8-10/h1,3-8H2. The molecule has 0 heteroatoms. The summed E-state index contributed by atoms with van der Waals surface area (Å²) in [6, 6.07) is 0. The van der Waals surface area contributed by atoms with Gasteiger partial charge < -0.3 is 0 Å². The first kappa shape index (κ1) is 6.24. The van der Waals surface area contributed by atoms with Crippen molar-refractivity contribution in [2.24, 2.45) is 5.41 Å². The molecule has 2 aliphatic carbocycles. The number of hydrogen-bond donors (Lipinski definition) is 0. The van der Waals surface area contributed by atoms with Gasteiger partial charge in [0.15, 0.2) is 0 Å². The molecule has 10 heavy (non-hydrogen) atoms. The molecule has 0 atom stereocenters. The van der Waals surface area contributed by atoms with Gasteiger partial charge in [-0.25, -0.2) is 0 Å². The zero-order valence-corrected chi connectivity index (χ0v) is 6.45. The lowest BCUT2D eigenvalue weighted by Crippen LogP contribution is -2.07. The lowest BCUT2D eigenvalue weighted by Gasteiger charge is -2.21. The highest BCUT2D eigenvalue weighted by atomic mass is 14.5. The van der Waals surface area contributed by atoms with Gasteiger partial charge in [0.25, 0.3) is 0 Å². The molecule has 54 valence electrons. The predicted octanol–water partition coefficient (Wildman–Crippen LogP) is 3.05. The van der Waals surface area contributed by atoms with Crippen molar-refractivity contribution >= 4 is 0 Å². The van der Waals surface area contributed by atoms with E-state index in [1.54, 1.807) is 0 Å². The van der Waals surface area contributed by atoms with E-state index in [-0.39, 0.29) is 0 Å². The molecule has 0 aliphatic heterocycles. The largest absolute Gasteiger partial charge is 0.130 e. The molecule has 0 saturated heterocycles. The highest BCUT2D eigenvalue weighted by Crippen LogP contribution is 2.56. The van der Waals surface area contributed by atoms with Crippen LogP contribution in [0, 0.1) is 5.41 Å². The molecule has 0 aromatic rings. The van der Waals surface area contributed by atoms with E-state index in [4.69, 9.17) is 0 Å². The van der Waals surface area contributed by atoms with E-state index in [9.17, 15) is 0 Å². The molecular formula is C10H14. The summed E-state index contributed by atoms with van der Waals surface area (Å²) in [4.78, 5) is 0. The predicted molar refractivity (Wildman–Crippen MR) is 42.8 cm³/mol. The maximum absolute atomic E-state index is 3.69. The van der Waals surface area contributed by atoms with Crippen molar-refractivity contribution in [3.63, 3.8) is 0 Å². The zero-order valence-electron chi connectivity index (χ0n) is 6.45. The highest BCUT2D eigenvalue weighted by molar-refractivity contribution is 5.09.